The fraction of sp³-hybridized carbons (Fsp3) is 0.800. The Morgan fingerprint density at radius 2 is 2.00 bits per heavy atom. The van der Waals surface area contributed by atoms with Gasteiger partial charge in [-0.3, -0.25) is 4.90 Å². The minimum atomic E-state index is 1.07. The molecule has 0 spiro atoms. The van der Waals surface area contributed by atoms with Gasteiger partial charge in [0.1, 0.15) is 0 Å². The Labute approximate surface area is 85.0 Å². The minimum Gasteiger partial charge on any atom is -0.299 e. The molecule has 0 aromatic heterocycles. The standard InChI is InChI=1S/C10H20BrN/c1-4-7-12(9-6-11)8-5-10(2)3/h5H,4,6-9H2,1-3H3. The third-order valence-electron chi connectivity index (χ3n) is 1.70. The second-order valence-electron chi connectivity index (χ2n) is 3.27. The van der Waals surface area contributed by atoms with Crippen LogP contribution in [-0.2, 0) is 0 Å². The van der Waals surface area contributed by atoms with Crippen LogP contribution in [0.4, 0.5) is 0 Å². The van der Waals surface area contributed by atoms with E-state index in [0.29, 0.717) is 0 Å². The van der Waals surface area contributed by atoms with E-state index in [9.17, 15) is 0 Å². The molecule has 12 heavy (non-hydrogen) atoms. The molecule has 0 saturated carbocycles. The first-order valence-electron chi connectivity index (χ1n) is 4.62. The molecular weight excluding hydrogens is 214 g/mol. The lowest BCUT2D eigenvalue weighted by Gasteiger charge is -2.18. The van der Waals surface area contributed by atoms with Gasteiger partial charge in [0.2, 0.25) is 0 Å². The highest BCUT2D eigenvalue weighted by molar-refractivity contribution is 9.09. The molecule has 0 bridgehead atoms. The first-order valence-corrected chi connectivity index (χ1v) is 5.74. The summed E-state index contributed by atoms with van der Waals surface area (Å²) in [7, 11) is 0. The van der Waals surface area contributed by atoms with Crippen molar-refractivity contribution >= 4 is 15.9 Å². The van der Waals surface area contributed by atoms with Gasteiger partial charge in [0.05, 0.1) is 0 Å². The summed E-state index contributed by atoms with van der Waals surface area (Å²) >= 11 is 3.46. The number of alkyl halides is 1. The van der Waals surface area contributed by atoms with Crippen molar-refractivity contribution in [3.63, 3.8) is 0 Å². The summed E-state index contributed by atoms with van der Waals surface area (Å²) in [6.07, 6.45) is 3.53. The molecule has 0 saturated heterocycles. The van der Waals surface area contributed by atoms with Crippen molar-refractivity contribution in [1.29, 1.82) is 0 Å². The van der Waals surface area contributed by atoms with E-state index in [1.807, 2.05) is 0 Å². The van der Waals surface area contributed by atoms with Gasteiger partial charge >= 0.3 is 0 Å². The van der Waals surface area contributed by atoms with E-state index in [4.69, 9.17) is 0 Å². The van der Waals surface area contributed by atoms with E-state index in [1.165, 1.54) is 18.5 Å². The lowest BCUT2D eigenvalue weighted by molar-refractivity contribution is 0.322. The van der Waals surface area contributed by atoms with Crippen LogP contribution in [0, 0.1) is 0 Å². The van der Waals surface area contributed by atoms with E-state index in [0.717, 1.165) is 18.4 Å². The molecule has 0 aliphatic heterocycles. The van der Waals surface area contributed by atoms with Gasteiger partial charge in [0.25, 0.3) is 0 Å². The molecule has 0 unspecified atom stereocenters. The number of hydrogen-bond donors (Lipinski definition) is 0. The van der Waals surface area contributed by atoms with Crippen LogP contribution in [0.25, 0.3) is 0 Å². The molecular formula is C10H20BrN. The molecule has 0 aliphatic rings. The highest BCUT2D eigenvalue weighted by Gasteiger charge is 1.98. The fourth-order valence-electron chi connectivity index (χ4n) is 1.04. The van der Waals surface area contributed by atoms with E-state index >= 15 is 0 Å². The SMILES string of the molecule is CCCN(CC=C(C)C)CCBr. The molecule has 0 N–H and O–H groups in total. The Morgan fingerprint density at radius 1 is 1.33 bits per heavy atom. The zero-order chi connectivity index (χ0) is 9.40. The van der Waals surface area contributed by atoms with Crippen molar-refractivity contribution in [2.45, 2.75) is 27.2 Å². The van der Waals surface area contributed by atoms with Crippen molar-refractivity contribution in [1.82, 2.24) is 4.90 Å². The van der Waals surface area contributed by atoms with Gasteiger partial charge in [-0.25, -0.2) is 0 Å². The summed E-state index contributed by atoms with van der Waals surface area (Å²) in [5, 5.41) is 1.07. The van der Waals surface area contributed by atoms with Gasteiger partial charge in [-0.05, 0) is 26.8 Å². The van der Waals surface area contributed by atoms with Crippen LogP contribution < -0.4 is 0 Å². The molecule has 0 aliphatic carbocycles. The lowest BCUT2D eigenvalue weighted by atomic mass is 10.3. The van der Waals surface area contributed by atoms with Crippen molar-refractivity contribution in [2.75, 3.05) is 25.0 Å². The summed E-state index contributed by atoms with van der Waals surface area (Å²) in [6, 6.07) is 0. The predicted molar refractivity (Wildman–Crippen MR) is 60.0 cm³/mol. The van der Waals surface area contributed by atoms with Crippen LogP contribution >= 0.6 is 15.9 Å². The second kappa shape index (κ2) is 7.81. The van der Waals surface area contributed by atoms with Crippen molar-refractivity contribution in [3.8, 4) is 0 Å². The van der Waals surface area contributed by atoms with Gasteiger partial charge in [-0.2, -0.15) is 0 Å². The van der Waals surface area contributed by atoms with E-state index in [1.54, 1.807) is 0 Å². The third-order valence-corrected chi connectivity index (χ3v) is 2.05. The highest BCUT2D eigenvalue weighted by atomic mass is 79.9. The molecule has 0 fully saturated rings. The molecule has 72 valence electrons. The molecule has 0 aromatic carbocycles. The Balaban J connectivity index is 3.69. The van der Waals surface area contributed by atoms with Crippen LogP contribution in [-0.4, -0.2) is 29.9 Å². The largest absolute Gasteiger partial charge is 0.299 e. The molecule has 1 nitrogen and oxygen atoms in total. The lowest BCUT2D eigenvalue weighted by Crippen LogP contribution is -2.26. The molecule has 2 heteroatoms. The Morgan fingerprint density at radius 3 is 2.42 bits per heavy atom. The smallest absolute Gasteiger partial charge is 0.0165 e. The predicted octanol–water partition coefficient (Wildman–Crippen LogP) is 3.06. The summed E-state index contributed by atoms with van der Waals surface area (Å²) in [4.78, 5) is 2.46. The average Bonchev–Trinajstić information content (AvgIpc) is 2.01. The van der Waals surface area contributed by atoms with Gasteiger partial charge in [-0.1, -0.05) is 34.5 Å². The molecule has 0 amide bonds. The summed E-state index contributed by atoms with van der Waals surface area (Å²) in [5.41, 5.74) is 1.41. The maximum absolute atomic E-state index is 3.46. The normalized spacial score (nSPS) is 10.4. The van der Waals surface area contributed by atoms with Gasteiger partial charge in [-0.15, -0.1) is 0 Å². The quantitative estimate of drug-likeness (QED) is 0.504. The number of hydrogen-bond acceptors (Lipinski definition) is 1. The topological polar surface area (TPSA) is 3.24 Å². The highest BCUT2D eigenvalue weighted by Crippen LogP contribution is 1.96. The van der Waals surface area contributed by atoms with Gasteiger partial charge in [0, 0.05) is 18.4 Å². The summed E-state index contributed by atoms with van der Waals surface area (Å²) < 4.78 is 0. The molecule has 0 aromatic rings. The van der Waals surface area contributed by atoms with Gasteiger partial charge in [0.15, 0.2) is 0 Å². The van der Waals surface area contributed by atoms with E-state index in [2.05, 4.69) is 47.7 Å². The van der Waals surface area contributed by atoms with Gasteiger partial charge < -0.3 is 0 Å². The third kappa shape index (κ3) is 6.86. The van der Waals surface area contributed by atoms with Crippen molar-refractivity contribution < 1.29 is 0 Å². The van der Waals surface area contributed by atoms with E-state index in [-0.39, 0.29) is 0 Å². The first kappa shape index (κ1) is 12.2. The zero-order valence-corrected chi connectivity index (χ0v) is 10.0. The number of nitrogens with zero attached hydrogens (tertiary/aromatic N) is 1. The van der Waals surface area contributed by atoms with Crippen molar-refractivity contribution in [3.05, 3.63) is 11.6 Å². The van der Waals surface area contributed by atoms with Crippen LogP contribution in [0.5, 0.6) is 0 Å². The van der Waals surface area contributed by atoms with Crippen LogP contribution in [0.3, 0.4) is 0 Å². The van der Waals surface area contributed by atoms with Crippen molar-refractivity contribution in [2.24, 2.45) is 0 Å². The Hall–Kier alpha value is 0.180. The zero-order valence-electron chi connectivity index (χ0n) is 8.44. The first-order chi connectivity index (χ1) is 5.70. The average molecular weight is 234 g/mol. The van der Waals surface area contributed by atoms with Crippen LogP contribution in [0.15, 0.2) is 11.6 Å². The number of allylic oxidation sites excluding steroid dienone is 1. The Bertz CT molecular complexity index is 122. The molecule has 0 atom stereocenters. The second-order valence-corrected chi connectivity index (χ2v) is 4.06. The maximum Gasteiger partial charge on any atom is 0.0165 e. The Kier molecular flexibility index (Phi) is 7.93. The number of halogens is 1. The molecule has 0 radical (unpaired) electrons. The molecule has 0 rings (SSSR count). The number of rotatable bonds is 6. The molecule has 0 heterocycles. The maximum atomic E-state index is 3.46. The van der Waals surface area contributed by atoms with Crippen LogP contribution in [0.1, 0.15) is 27.2 Å². The monoisotopic (exact) mass is 233 g/mol. The fourth-order valence-corrected chi connectivity index (χ4v) is 1.54. The summed E-state index contributed by atoms with van der Waals surface area (Å²) in [6.45, 7) is 9.98. The van der Waals surface area contributed by atoms with E-state index < -0.39 is 0 Å². The van der Waals surface area contributed by atoms with Crippen LogP contribution in [0.2, 0.25) is 0 Å². The minimum absolute atomic E-state index is 1.07. The summed E-state index contributed by atoms with van der Waals surface area (Å²) in [5.74, 6) is 0.